The van der Waals surface area contributed by atoms with E-state index < -0.39 is 0 Å². The summed E-state index contributed by atoms with van der Waals surface area (Å²) in [4.78, 5) is 0. The Morgan fingerprint density at radius 1 is 1.18 bits per heavy atom. The summed E-state index contributed by atoms with van der Waals surface area (Å²) in [5.74, 6) is 1.75. The minimum absolute atomic E-state index is 0.778. The van der Waals surface area contributed by atoms with Crippen molar-refractivity contribution in [1.82, 2.24) is 0 Å². The van der Waals surface area contributed by atoms with E-state index in [-0.39, 0.29) is 0 Å². The molecule has 1 saturated carbocycles. The molecule has 88 valence electrons. The van der Waals surface area contributed by atoms with Crippen LogP contribution in [0.15, 0.2) is 40.9 Å². The molecular formula is C15H15BrO. The fourth-order valence-corrected chi connectivity index (χ4v) is 2.78. The van der Waals surface area contributed by atoms with E-state index in [2.05, 4.69) is 52.3 Å². The van der Waals surface area contributed by atoms with Gasteiger partial charge < -0.3 is 4.74 Å². The van der Waals surface area contributed by atoms with Crippen LogP contribution >= 0.6 is 15.9 Å². The topological polar surface area (TPSA) is 9.23 Å². The molecule has 0 spiro atoms. The maximum Gasteiger partial charge on any atom is 0.121 e. The van der Waals surface area contributed by atoms with Gasteiger partial charge in [-0.05, 0) is 41.7 Å². The fourth-order valence-electron chi connectivity index (χ4n) is 2.19. The zero-order valence-corrected chi connectivity index (χ0v) is 11.2. The molecule has 17 heavy (non-hydrogen) atoms. The number of hydrogen-bond acceptors (Lipinski definition) is 1. The zero-order chi connectivity index (χ0) is 11.7. The van der Waals surface area contributed by atoms with Crippen molar-refractivity contribution in [2.24, 2.45) is 5.92 Å². The van der Waals surface area contributed by atoms with E-state index in [0.29, 0.717) is 0 Å². The maximum absolute atomic E-state index is 5.87. The second-order valence-electron chi connectivity index (χ2n) is 4.73. The molecule has 0 amide bonds. The van der Waals surface area contributed by atoms with Gasteiger partial charge in [-0.15, -0.1) is 0 Å². The SMILES string of the molecule is Brc1cc(OCC2CCC2)cc2ccccc12. The van der Waals surface area contributed by atoms with E-state index in [0.717, 1.165) is 22.7 Å². The van der Waals surface area contributed by atoms with E-state index in [1.165, 1.54) is 30.0 Å². The molecule has 1 aliphatic carbocycles. The van der Waals surface area contributed by atoms with Crippen LogP contribution < -0.4 is 4.74 Å². The van der Waals surface area contributed by atoms with E-state index in [4.69, 9.17) is 4.74 Å². The minimum Gasteiger partial charge on any atom is -0.493 e. The molecule has 0 heterocycles. The van der Waals surface area contributed by atoms with Crippen molar-refractivity contribution in [3.8, 4) is 5.75 Å². The van der Waals surface area contributed by atoms with Crippen molar-refractivity contribution in [3.05, 3.63) is 40.9 Å². The lowest BCUT2D eigenvalue weighted by Crippen LogP contribution is -2.19. The minimum atomic E-state index is 0.778. The molecule has 0 N–H and O–H groups in total. The van der Waals surface area contributed by atoms with Gasteiger partial charge in [0.05, 0.1) is 6.61 Å². The predicted molar refractivity (Wildman–Crippen MR) is 74.5 cm³/mol. The van der Waals surface area contributed by atoms with Crippen LogP contribution in [0.5, 0.6) is 5.75 Å². The first kappa shape index (κ1) is 11.1. The van der Waals surface area contributed by atoms with Crippen LogP contribution in [-0.4, -0.2) is 6.61 Å². The Bertz CT molecular complexity index is 531. The summed E-state index contributed by atoms with van der Waals surface area (Å²) in [7, 11) is 0. The number of hydrogen-bond donors (Lipinski definition) is 0. The molecule has 0 aromatic heterocycles. The van der Waals surface area contributed by atoms with Gasteiger partial charge in [0.25, 0.3) is 0 Å². The first-order chi connectivity index (χ1) is 8.33. The number of rotatable bonds is 3. The molecule has 0 radical (unpaired) electrons. The van der Waals surface area contributed by atoms with Gasteiger partial charge >= 0.3 is 0 Å². The van der Waals surface area contributed by atoms with Crippen molar-refractivity contribution in [1.29, 1.82) is 0 Å². The quantitative estimate of drug-likeness (QED) is 0.790. The molecule has 2 aromatic rings. The van der Waals surface area contributed by atoms with Gasteiger partial charge in [-0.1, -0.05) is 46.6 Å². The largest absolute Gasteiger partial charge is 0.493 e. The molecule has 2 heteroatoms. The number of halogens is 1. The van der Waals surface area contributed by atoms with Crippen LogP contribution in [0.1, 0.15) is 19.3 Å². The highest BCUT2D eigenvalue weighted by molar-refractivity contribution is 9.10. The van der Waals surface area contributed by atoms with Gasteiger partial charge in [-0.25, -0.2) is 0 Å². The fraction of sp³-hybridized carbons (Fsp3) is 0.333. The summed E-state index contributed by atoms with van der Waals surface area (Å²) >= 11 is 3.61. The molecule has 0 bridgehead atoms. The van der Waals surface area contributed by atoms with Crippen LogP contribution in [0.2, 0.25) is 0 Å². The molecule has 0 unspecified atom stereocenters. The average molecular weight is 291 g/mol. The Morgan fingerprint density at radius 3 is 2.76 bits per heavy atom. The highest BCUT2D eigenvalue weighted by Crippen LogP contribution is 2.31. The summed E-state index contributed by atoms with van der Waals surface area (Å²) in [5, 5.41) is 2.47. The second-order valence-corrected chi connectivity index (χ2v) is 5.59. The Morgan fingerprint density at radius 2 is 2.00 bits per heavy atom. The van der Waals surface area contributed by atoms with Crippen molar-refractivity contribution in [2.75, 3.05) is 6.61 Å². The molecule has 3 rings (SSSR count). The number of ether oxygens (including phenoxy) is 1. The van der Waals surface area contributed by atoms with E-state index in [1.54, 1.807) is 0 Å². The molecule has 0 aliphatic heterocycles. The van der Waals surface area contributed by atoms with Crippen molar-refractivity contribution in [2.45, 2.75) is 19.3 Å². The van der Waals surface area contributed by atoms with Gasteiger partial charge in [-0.3, -0.25) is 0 Å². The summed E-state index contributed by atoms with van der Waals surface area (Å²) in [6.45, 7) is 0.866. The van der Waals surface area contributed by atoms with Crippen LogP contribution in [-0.2, 0) is 0 Å². The van der Waals surface area contributed by atoms with Crippen LogP contribution in [0, 0.1) is 5.92 Å². The third-order valence-corrected chi connectivity index (χ3v) is 4.15. The molecule has 1 aliphatic rings. The third-order valence-electron chi connectivity index (χ3n) is 3.50. The summed E-state index contributed by atoms with van der Waals surface area (Å²) in [6.07, 6.45) is 4.03. The maximum atomic E-state index is 5.87. The first-order valence-electron chi connectivity index (χ1n) is 6.14. The van der Waals surface area contributed by atoms with Gasteiger partial charge in [-0.2, -0.15) is 0 Å². The monoisotopic (exact) mass is 290 g/mol. The van der Waals surface area contributed by atoms with Gasteiger partial charge in [0.1, 0.15) is 5.75 Å². The lowest BCUT2D eigenvalue weighted by atomic mass is 9.86. The predicted octanol–water partition coefficient (Wildman–Crippen LogP) is 4.78. The number of benzene rings is 2. The third kappa shape index (κ3) is 2.32. The van der Waals surface area contributed by atoms with Gasteiger partial charge in [0.2, 0.25) is 0 Å². The summed E-state index contributed by atoms with van der Waals surface area (Å²) in [5.41, 5.74) is 0. The Hall–Kier alpha value is -1.02. The summed E-state index contributed by atoms with van der Waals surface area (Å²) in [6, 6.07) is 12.6. The zero-order valence-electron chi connectivity index (χ0n) is 9.66. The first-order valence-corrected chi connectivity index (χ1v) is 6.93. The van der Waals surface area contributed by atoms with E-state index in [1.807, 2.05) is 0 Å². The molecule has 1 nitrogen and oxygen atoms in total. The van der Waals surface area contributed by atoms with Crippen molar-refractivity contribution in [3.63, 3.8) is 0 Å². The molecule has 0 atom stereocenters. The Kier molecular flexibility index (Phi) is 3.06. The van der Waals surface area contributed by atoms with Crippen LogP contribution in [0.25, 0.3) is 10.8 Å². The highest BCUT2D eigenvalue weighted by atomic mass is 79.9. The summed E-state index contributed by atoms with van der Waals surface area (Å²) < 4.78 is 6.98. The molecule has 1 fully saturated rings. The normalized spacial score (nSPS) is 15.8. The van der Waals surface area contributed by atoms with Gasteiger partial charge in [0.15, 0.2) is 0 Å². The molecule has 0 saturated heterocycles. The van der Waals surface area contributed by atoms with Crippen LogP contribution in [0.3, 0.4) is 0 Å². The number of fused-ring (bicyclic) bond motifs is 1. The second kappa shape index (κ2) is 4.69. The van der Waals surface area contributed by atoms with E-state index >= 15 is 0 Å². The molecule has 2 aromatic carbocycles. The van der Waals surface area contributed by atoms with E-state index in [9.17, 15) is 0 Å². The average Bonchev–Trinajstić information content (AvgIpc) is 2.27. The smallest absolute Gasteiger partial charge is 0.121 e. The van der Waals surface area contributed by atoms with Gasteiger partial charge in [0, 0.05) is 4.47 Å². The lowest BCUT2D eigenvalue weighted by Gasteiger charge is -2.25. The Balaban J connectivity index is 1.84. The standard InChI is InChI=1S/C15H15BrO/c16-15-9-13(17-10-11-4-3-5-11)8-12-6-1-2-7-14(12)15/h1-2,6-9,11H,3-5,10H2. The molecular weight excluding hydrogens is 276 g/mol. The van der Waals surface area contributed by atoms with Crippen LogP contribution in [0.4, 0.5) is 0 Å². The lowest BCUT2D eigenvalue weighted by molar-refractivity contribution is 0.181. The van der Waals surface area contributed by atoms with Crippen molar-refractivity contribution < 1.29 is 4.74 Å². The highest BCUT2D eigenvalue weighted by Gasteiger charge is 2.18. The van der Waals surface area contributed by atoms with Crippen molar-refractivity contribution >= 4 is 26.7 Å². The Labute approximate surface area is 110 Å².